The van der Waals surface area contributed by atoms with Crippen LogP contribution >= 0.6 is 22.2 Å². The van der Waals surface area contributed by atoms with Crippen molar-refractivity contribution in [3.8, 4) is 0 Å². The Labute approximate surface area is 96.0 Å². The van der Waals surface area contributed by atoms with E-state index in [1.54, 1.807) is 0 Å². The summed E-state index contributed by atoms with van der Waals surface area (Å²) in [5.74, 6) is 0. The normalized spacial score (nSPS) is 12.6. The van der Waals surface area contributed by atoms with Gasteiger partial charge in [-0.15, -0.1) is 28.7 Å². The van der Waals surface area contributed by atoms with E-state index >= 15 is 0 Å². The number of allylic oxidation sites excluding steroid dienone is 1. The zero-order chi connectivity index (χ0) is 10.8. The molecule has 3 heteroatoms. The van der Waals surface area contributed by atoms with E-state index in [0.717, 1.165) is 5.19 Å². The van der Waals surface area contributed by atoms with E-state index in [4.69, 9.17) is 22.2 Å². The Hall–Kier alpha value is -0.243. The summed E-state index contributed by atoms with van der Waals surface area (Å²) in [5, 5.41) is 0.811. The maximum absolute atomic E-state index is 6.49. The Morgan fingerprint density at radius 2 is 1.71 bits per heavy atom. The lowest BCUT2D eigenvalue weighted by Crippen LogP contribution is -2.45. The van der Waals surface area contributed by atoms with Crippen LogP contribution in [0.2, 0.25) is 5.04 Å². The Bertz CT molecular complexity index is 317. The third-order valence-electron chi connectivity index (χ3n) is 2.46. The van der Waals surface area contributed by atoms with Crippen molar-refractivity contribution in [2.24, 2.45) is 0 Å². The summed E-state index contributed by atoms with van der Waals surface area (Å²) in [6.45, 7) is 5.36. The number of hydrogen-bond donors (Lipinski definition) is 0. The van der Waals surface area contributed by atoms with Crippen LogP contribution in [0, 0.1) is 0 Å². The fraction of sp³-hybridized carbons (Fsp3) is 0.273. The maximum Gasteiger partial charge on any atom is 0.289 e. The number of halogens is 2. The first kappa shape index (κ1) is 11.8. The van der Waals surface area contributed by atoms with Gasteiger partial charge >= 0.3 is 0 Å². The van der Waals surface area contributed by atoms with E-state index in [9.17, 15) is 0 Å². The summed E-state index contributed by atoms with van der Waals surface area (Å²) in [4.78, 5) is 0. The van der Waals surface area contributed by atoms with Crippen LogP contribution in [0.15, 0.2) is 43.0 Å². The quantitative estimate of drug-likeness (QED) is 0.432. The summed E-state index contributed by atoms with van der Waals surface area (Å²) in [6.07, 6.45) is 1.84. The minimum absolute atomic E-state index is 0.225. The minimum Gasteiger partial charge on any atom is -0.139 e. The number of benzene rings is 1. The Morgan fingerprint density at radius 3 is 2.14 bits per heavy atom. The molecule has 1 aromatic carbocycles. The molecule has 76 valence electrons. The van der Waals surface area contributed by atoms with Gasteiger partial charge in [-0.1, -0.05) is 50.3 Å². The number of hydrogen-bond acceptors (Lipinski definition) is 0. The zero-order valence-corrected chi connectivity index (χ0v) is 10.9. The first-order chi connectivity index (χ1) is 6.42. The van der Waals surface area contributed by atoms with Crippen molar-refractivity contribution < 1.29 is 0 Å². The largest absolute Gasteiger partial charge is 0.289 e. The fourth-order valence-corrected chi connectivity index (χ4v) is 3.98. The van der Waals surface area contributed by atoms with E-state index in [2.05, 4.69) is 6.58 Å². The second-order valence-electron chi connectivity index (χ2n) is 3.87. The smallest absolute Gasteiger partial charge is 0.139 e. The predicted molar refractivity (Wildman–Crippen MR) is 67.8 cm³/mol. The van der Waals surface area contributed by atoms with Crippen LogP contribution < -0.4 is 5.19 Å². The molecule has 0 saturated carbocycles. The topological polar surface area (TPSA) is 0 Å². The Kier molecular flexibility index (Phi) is 3.46. The van der Waals surface area contributed by atoms with E-state index in [1.807, 2.05) is 50.3 Å². The van der Waals surface area contributed by atoms with Crippen molar-refractivity contribution in [3.05, 3.63) is 43.0 Å². The molecule has 0 N–H and O–H groups in total. The molecule has 0 unspecified atom stereocenters. The standard InChI is InChI=1S/C11H14Cl2Si/c1-4-11(2,3)14(12,13)10-8-6-5-7-9-10/h4-9H,1H2,2-3H3. The molecule has 14 heavy (non-hydrogen) atoms. The van der Waals surface area contributed by atoms with Crippen molar-refractivity contribution in [1.29, 1.82) is 0 Å². The van der Waals surface area contributed by atoms with Gasteiger partial charge in [0.15, 0.2) is 0 Å². The van der Waals surface area contributed by atoms with Crippen LogP contribution in [0.3, 0.4) is 0 Å². The monoisotopic (exact) mass is 244 g/mol. The minimum atomic E-state index is -2.48. The second kappa shape index (κ2) is 4.09. The third-order valence-corrected chi connectivity index (χ3v) is 9.57. The van der Waals surface area contributed by atoms with Gasteiger partial charge in [-0.25, -0.2) is 0 Å². The highest BCUT2D eigenvalue weighted by Crippen LogP contribution is 2.42. The molecule has 1 rings (SSSR count). The molecule has 0 aromatic heterocycles. The van der Waals surface area contributed by atoms with Crippen LogP contribution in [0.25, 0.3) is 0 Å². The van der Waals surface area contributed by atoms with Crippen LogP contribution in [0.5, 0.6) is 0 Å². The fourth-order valence-electron chi connectivity index (χ4n) is 1.15. The molecule has 0 spiro atoms. The average molecular weight is 245 g/mol. The highest BCUT2D eigenvalue weighted by molar-refractivity contribution is 7.52. The van der Waals surface area contributed by atoms with Gasteiger partial charge in [0.1, 0.15) is 0 Å². The van der Waals surface area contributed by atoms with Crippen molar-refractivity contribution in [1.82, 2.24) is 0 Å². The van der Waals surface area contributed by atoms with E-state index in [0.29, 0.717) is 0 Å². The molecule has 0 bridgehead atoms. The molecular weight excluding hydrogens is 231 g/mol. The van der Waals surface area contributed by atoms with E-state index in [1.165, 1.54) is 0 Å². The van der Waals surface area contributed by atoms with Crippen LogP contribution in [-0.4, -0.2) is 6.69 Å². The molecule has 0 heterocycles. The second-order valence-corrected chi connectivity index (χ2v) is 10.9. The lowest BCUT2D eigenvalue weighted by atomic mass is 10.2. The summed E-state index contributed by atoms with van der Waals surface area (Å²) in [7, 11) is 0. The zero-order valence-electron chi connectivity index (χ0n) is 8.43. The lowest BCUT2D eigenvalue weighted by Gasteiger charge is -2.32. The Balaban J connectivity index is 3.14. The molecule has 0 aliphatic carbocycles. The molecular formula is C11H14Cl2Si. The first-order valence-corrected chi connectivity index (χ1v) is 8.51. The molecule has 1 aromatic rings. The maximum atomic E-state index is 6.49. The molecule has 0 amide bonds. The van der Waals surface area contributed by atoms with E-state index < -0.39 is 6.69 Å². The van der Waals surface area contributed by atoms with Gasteiger partial charge in [-0.2, -0.15) is 0 Å². The summed E-state index contributed by atoms with van der Waals surface area (Å²) >= 11 is 13.0. The highest BCUT2D eigenvalue weighted by atomic mass is 35.7. The summed E-state index contributed by atoms with van der Waals surface area (Å²) < 4.78 is 0. The molecule has 0 aliphatic heterocycles. The van der Waals surface area contributed by atoms with Gasteiger partial charge in [0.05, 0.1) is 0 Å². The van der Waals surface area contributed by atoms with Gasteiger partial charge in [0.25, 0.3) is 6.69 Å². The van der Waals surface area contributed by atoms with Crippen LogP contribution in [0.4, 0.5) is 0 Å². The highest BCUT2D eigenvalue weighted by Gasteiger charge is 2.44. The van der Waals surface area contributed by atoms with Gasteiger partial charge in [-0.3, -0.25) is 0 Å². The van der Waals surface area contributed by atoms with Crippen molar-refractivity contribution >= 4 is 34.0 Å². The van der Waals surface area contributed by atoms with Crippen LogP contribution in [-0.2, 0) is 0 Å². The average Bonchev–Trinajstić information content (AvgIpc) is 2.19. The molecule has 0 aliphatic rings. The SMILES string of the molecule is C=CC(C)(C)[Si](Cl)(Cl)c1ccccc1. The van der Waals surface area contributed by atoms with Gasteiger partial charge in [0.2, 0.25) is 0 Å². The number of rotatable bonds is 3. The van der Waals surface area contributed by atoms with E-state index in [-0.39, 0.29) is 5.04 Å². The van der Waals surface area contributed by atoms with Crippen molar-refractivity contribution in [3.63, 3.8) is 0 Å². The van der Waals surface area contributed by atoms with Gasteiger partial charge in [0, 0.05) is 5.04 Å². The van der Waals surface area contributed by atoms with Crippen molar-refractivity contribution in [2.45, 2.75) is 18.9 Å². The third kappa shape index (κ3) is 2.05. The first-order valence-electron chi connectivity index (χ1n) is 4.49. The lowest BCUT2D eigenvalue weighted by molar-refractivity contribution is 0.844. The van der Waals surface area contributed by atoms with Gasteiger partial charge in [-0.05, 0) is 5.19 Å². The molecule has 0 atom stereocenters. The summed E-state index contributed by atoms with van der Waals surface area (Å²) in [5.41, 5.74) is 0. The van der Waals surface area contributed by atoms with Crippen molar-refractivity contribution in [2.75, 3.05) is 0 Å². The predicted octanol–water partition coefficient (Wildman–Crippen LogP) is 3.78. The summed E-state index contributed by atoms with van der Waals surface area (Å²) in [6, 6.07) is 9.85. The molecule has 0 fully saturated rings. The van der Waals surface area contributed by atoms with Gasteiger partial charge < -0.3 is 0 Å². The molecule has 0 radical (unpaired) electrons. The molecule has 0 saturated heterocycles. The Morgan fingerprint density at radius 1 is 1.21 bits per heavy atom. The van der Waals surface area contributed by atoms with Crippen LogP contribution in [0.1, 0.15) is 13.8 Å². The molecule has 0 nitrogen and oxygen atoms in total.